The zero-order chi connectivity index (χ0) is 11.7. The van der Waals surface area contributed by atoms with Crippen LogP contribution in [0.1, 0.15) is 12.5 Å². The summed E-state index contributed by atoms with van der Waals surface area (Å²) in [6, 6.07) is 6.95. The molecule has 4 heteroatoms. The van der Waals surface area contributed by atoms with E-state index in [0.29, 0.717) is 6.04 Å². The van der Waals surface area contributed by atoms with Gasteiger partial charge in [-0.2, -0.15) is 0 Å². The molecule has 1 atom stereocenters. The fourth-order valence-corrected chi connectivity index (χ4v) is 2.31. The number of rotatable bonds is 2. The van der Waals surface area contributed by atoms with Crippen molar-refractivity contribution in [3.63, 3.8) is 0 Å². The highest BCUT2D eigenvalue weighted by Gasteiger charge is 2.19. The van der Waals surface area contributed by atoms with Crippen LogP contribution in [0.2, 0.25) is 0 Å². The number of nitrogens with zero attached hydrogens (tertiary/aromatic N) is 2. The first-order chi connectivity index (χ1) is 8.34. The topological polar surface area (TPSA) is 29.9 Å². The molecule has 1 saturated heterocycles. The van der Waals surface area contributed by atoms with Crippen molar-refractivity contribution >= 4 is 0 Å². The molecule has 1 aromatic carbocycles. The van der Waals surface area contributed by atoms with E-state index in [4.69, 9.17) is 0 Å². The summed E-state index contributed by atoms with van der Waals surface area (Å²) >= 11 is 0. The molecule has 1 aliphatic rings. The molecule has 17 heavy (non-hydrogen) atoms. The van der Waals surface area contributed by atoms with Crippen molar-refractivity contribution in [3.8, 4) is 11.4 Å². The average molecular weight is 231 g/mol. The van der Waals surface area contributed by atoms with Gasteiger partial charge in [0.2, 0.25) is 0 Å². The van der Waals surface area contributed by atoms with Gasteiger partial charge in [-0.15, -0.1) is 0 Å². The van der Waals surface area contributed by atoms with E-state index in [1.54, 1.807) is 18.3 Å². The molecule has 2 aromatic rings. The van der Waals surface area contributed by atoms with E-state index >= 15 is 0 Å². The van der Waals surface area contributed by atoms with Crippen LogP contribution in [-0.2, 0) is 0 Å². The quantitative estimate of drug-likeness (QED) is 0.859. The van der Waals surface area contributed by atoms with E-state index in [1.165, 1.54) is 12.1 Å². The van der Waals surface area contributed by atoms with Crippen LogP contribution in [0.4, 0.5) is 4.39 Å². The van der Waals surface area contributed by atoms with Crippen LogP contribution in [0.3, 0.4) is 0 Å². The average Bonchev–Trinajstić information content (AvgIpc) is 3.00. The van der Waals surface area contributed by atoms with Gasteiger partial charge < -0.3 is 9.88 Å². The molecule has 1 aromatic heterocycles. The molecular weight excluding hydrogens is 217 g/mol. The maximum absolute atomic E-state index is 12.9. The minimum absolute atomic E-state index is 0.214. The molecule has 0 radical (unpaired) electrons. The summed E-state index contributed by atoms with van der Waals surface area (Å²) in [5, 5.41) is 3.34. The third-order valence-corrected chi connectivity index (χ3v) is 3.20. The first-order valence-electron chi connectivity index (χ1n) is 5.84. The highest BCUT2D eigenvalue weighted by Crippen LogP contribution is 2.24. The number of hydrogen-bond acceptors (Lipinski definition) is 2. The predicted octanol–water partition coefficient (Wildman–Crippen LogP) is 2.22. The Morgan fingerprint density at radius 2 is 2.12 bits per heavy atom. The number of benzene rings is 1. The van der Waals surface area contributed by atoms with Crippen LogP contribution in [0.15, 0.2) is 36.7 Å². The van der Waals surface area contributed by atoms with Crippen molar-refractivity contribution in [2.75, 3.05) is 13.1 Å². The van der Waals surface area contributed by atoms with Gasteiger partial charge in [0.25, 0.3) is 0 Å². The third-order valence-electron chi connectivity index (χ3n) is 3.20. The number of imidazole rings is 1. The molecule has 0 spiro atoms. The van der Waals surface area contributed by atoms with Crippen LogP contribution < -0.4 is 5.32 Å². The van der Waals surface area contributed by atoms with E-state index in [2.05, 4.69) is 14.9 Å². The van der Waals surface area contributed by atoms with Crippen molar-refractivity contribution in [1.29, 1.82) is 0 Å². The lowest BCUT2D eigenvalue weighted by Gasteiger charge is -2.14. The van der Waals surface area contributed by atoms with E-state index in [1.807, 2.05) is 6.20 Å². The molecule has 2 heterocycles. The molecule has 0 aliphatic carbocycles. The van der Waals surface area contributed by atoms with Crippen LogP contribution in [-0.4, -0.2) is 22.6 Å². The van der Waals surface area contributed by atoms with Crippen LogP contribution in [0.5, 0.6) is 0 Å². The molecule has 88 valence electrons. The molecular formula is C13H14FN3. The molecule has 1 unspecified atom stereocenters. The predicted molar refractivity (Wildman–Crippen MR) is 64.1 cm³/mol. The Kier molecular flexibility index (Phi) is 2.65. The molecule has 1 aliphatic heterocycles. The van der Waals surface area contributed by atoms with Crippen molar-refractivity contribution in [2.45, 2.75) is 12.5 Å². The van der Waals surface area contributed by atoms with Gasteiger partial charge in [-0.05, 0) is 37.2 Å². The number of aromatic nitrogens is 2. The Morgan fingerprint density at radius 1 is 1.29 bits per heavy atom. The minimum atomic E-state index is -0.214. The smallest absolute Gasteiger partial charge is 0.140 e. The first kappa shape index (κ1) is 10.5. The van der Waals surface area contributed by atoms with Crippen LogP contribution in [0, 0.1) is 5.82 Å². The standard InChI is InChI=1S/C13H14FN3/c14-11-3-1-10(2-4-11)13-16-7-8-17(13)12-5-6-15-9-12/h1-4,7-8,12,15H,5-6,9H2. The lowest BCUT2D eigenvalue weighted by atomic mass is 10.2. The van der Waals surface area contributed by atoms with Crippen molar-refractivity contribution in [2.24, 2.45) is 0 Å². The van der Waals surface area contributed by atoms with Gasteiger partial charge in [0, 0.05) is 30.5 Å². The second-order valence-corrected chi connectivity index (χ2v) is 4.31. The summed E-state index contributed by atoms with van der Waals surface area (Å²) in [5.74, 6) is 0.702. The maximum Gasteiger partial charge on any atom is 0.140 e. The Bertz CT molecular complexity index is 498. The molecule has 0 saturated carbocycles. The van der Waals surface area contributed by atoms with Crippen LogP contribution >= 0.6 is 0 Å². The monoisotopic (exact) mass is 231 g/mol. The fourth-order valence-electron chi connectivity index (χ4n) is 2.31. The second-order valence-electron chi connectivity index (χ2n) is 4.31. The Balaban J connectivity index is 1.97. The minimum Gasteiger partial charge on any atom is -0.327 e. The largest absolute Gasteiger partial charge is 0.327 e. The first-order valence-corrected chi connectivity index (χ1v) is 5.84. The summed E-state index contributed by atoms with van der Waals surface area (Å²) in [6.07, 6.45) is 4.91. The molecule has 3 nitrogen and oxygen atoms in total. The van der Waals surface area contributed by atoms with Gasteiger partial charge in [0.15, 0.2) is 0 Å². The molecule has 0 bridgehead atoms. The Hall–Kier alpha value is -1.68. The van der Waals surface area contributed by atoms with Gasteiger partial charge in [-0.1, -0.05) is 0 Å². The lowest BCUT2D eigenvalue weighted by Crippen LogP contribution is -2.13. The van der Waals surface area contributed by atoms with Crippen molar-refractivity contribution in [3.05, 3.63) is 42.5 Å². The zero-order valence-electron chi connectivity index (χ0n) is 9.44. The summed E-state index contributed by atoms with van der Waals surface area (Å²) in [5.41, 5.74) is 0.961. The zero-order valence-corrected chi connectivity index (χ0v) is 9.44. The number of nitrogens with one attached hydrogen (secondary N) is 1. The van der Waals surface area contributed by atoms with Gasteiger partial charge >= 0.3 is 0 Å². The SMILES string of the molecule is Fc1ccc(-c2nccn2C2CCNC2)cc1. The summed E-state index contributed by atoms with van der Waals surface area (Å²) in [7, 11) is 0. The molecule has 0 amide bonds. The summed E-state index contributed by atoms with van der Waals surface area (Å²) in [4.78, 5) is 4.37. The van der Waals surface area contributed by atoms with Gasteiger partial charge in [-0.3, -0.25) is 0 Å². The third kappa shape index (κ3) is 1.96. The molecule has 1 fully saturated rings. The van der Waals surface area contributed by atoms with Gasteiger partial charge in [-0.25, -0.2) is 9.37 Å². The highest BCUT2D eigenvalue weighted by molar-refractivity contribution is 5.55. The van der Waals surface area contributed by atoms with Crippen molar-refractivity contribution < 1.29 is 4.39 Å². The summed E-state index contributed by atoms with van der Waals surface area (Å²) in [6.45, 7) is 2.02. The Labute approximate surface area is 99.3 Å². The van der Waals surface area contributed by atoms with Crippen LogP contribution in [0.25, 0.3) is 11.4 Å². The lowest BCUT2D eigenvalue weighted by molar-refractivity contribution is 0.552. The fraction of sp³-hybridized carbons (Fsp3) is 0.308. The van der Waals surface area contributed by atoms with Gasteiger partial charge in [0.05, 0.1) is 0 Å². The normalized spacial score (nSPS) is 19.7. The van der Waals surface area contributed by atoms with E-state index < -0.39 is 0 Å². The molecule has 1 N–H and O–H groups in total. The van der Waals surface area contributed by atoms with E-state index in [0.717, 1.165) is 30.9 Å². The number of halogens is 1. The van der Waals surface area contributed by atoms with Gasteiger partial charge in [0.1, 0.15) is 11.6 Å². The molecule has 3 rings (SSSR count). The second kappa shape index (κ2) is 4.30. The van der Waals surface area contributed by atoms with Crippen molar-refractivity contribution in [1.82, 2.24) is 14.9 Å². The summed E-state index contributed by atoms with van der Waals surface area (Å²) < 4.78 is 15.1. The van der Waals surface area contributed by atoms with E-state index in [9.17, 15) is 4.39 Å². The van der Waals surface area contributed by atoms with E-state index in [-0.39, 0.29) is 5.82 Å². The maximum atomic E-state index is 12.9. The highest BCUT2D eigenvalue weighted by atomic mass is 19.1. The Morgan fingerprint density at radius 3 is 2.82 bits per heavy atom. The number of hydrogen-bond donors (Lipinski definition) is 1.